The van der Waals surface area contributed by atoms with Gasteiger partial charge in [-0.3, -0.25) is 4.79 Å². The number of hydrogen-bond donors (Lipinski definition) is 2. The number of sulfonamides is 1. The standard InChI is InChI=1S/C16H16IN3O3S/c17-12-1-3-13(4-2-12)19-16(21)10-20-8-7-11-9-14(24(18,22)23)5-6-15(11)20/h1-6,9H,7-8,10H2,(H,19,21)(H2,18,22,23). The number of carbonyl (C=O) groups is 1. The van der Waals surface area contributed by atoms with Gasteiger partial charge < -0.3 is 10.2 Å². The molecule has 1 aliphatic rings. The van der Waals surface area contributed by atoms with Crippen LogP contribution < -0.4 is 15.4 Å². The molecule has 126 valence electrons. The molecule has 6 nitrogen and oxygen atoms in total. The number of amides is 1. The van der Waals surface area contributed by atoms with Crippen LogP contribution in [0.25, 0.3) is 0 Å². The van der Waals surface area contributed by atoms with Crippen molar-refractivity contribution in [1.29, 1.82) is 0 Å². The Hall–Kier alpha value is -1.65. The maximum absolute atomic E-state index is 12.2. The topological polar surface area (TPSA) is 92.5 Å². The molecule has 0 radical (unpaired) electrons. The Balaban J connectivity index is 1.70. The first kappa shape index (κ1) is 17.2. The summed E-state index contributed by atoms with van der Waals surface area (Å²) in [5, 5.41) is 8.02. The lowest BCUT2D eigenvalue weighted by Crippen LogP contribution is -2.31. The number of anilines is 2. The number of nitrogens with two attached hydrogens (primary N) is 1. The molecule has 0 unspecified atom stereocenters. The summed E-state index contributed by atoms with van der Waals surface area (Å²) >= 11 is 2.21. The predicted molar refractivity (Wildman–Crippen MR) is 102 cm³/mol. The summed E-state index contributed by atoms with van der Waals surface area (Å²) in [5.41, 5.74) is 2.52. The van der Waals surface area contributed by atoms with Crippen LogP contribution in [0.5, 0.6) is 0 Å². The molecule has 1 amide bonds. The molecular formula is C16H16IN3O3S. The van der Waals surface area contributed by atoms with E-state index < -0.39 is 10.0 Å². The molecule has 0 aromatic heterocycles. The summed E-state index contributed by atoms with van der Waals surface area (Å²) in [4.78, 5) is 14.3. The quantitative estimate of drug-likeness (QED) is 0.687. The molecule has 8 heteroatoms. The number of benzene rings is 2. The van der Waals surface area contributed by atoms with Gasteiger partial charge in [0.2, 0.25) is 15.9 Å². The van der Waals surface area contributed by atoms with E-state index in [2.05, 4.69) is 27.9 Å². The summed E-state index contributed by atoms with van der Waals surface area (Å²) in [6, 6.07) is 12.3. The number of halogens is 1. The van der Waals surface area contributed by atoms with Crippen molar-refractivity contribution in [2.45, 2.75) is 11.3 Å². The van der Waals surface area contributed by atoms with Gasteiger partial charge in [-0.1, -0.05) is 0 Å². The van der Waals surface area contributed by atoms with Gasteiger partial charge >= 0.3 is 0 Å². The Kier molecular flexibility index (Phi) is 4.79. The van der Waals surface area contributed by atoms with Gasteiger partial charge in [-0.25, -0.2) is 13.6 Å². The van der Waals surface area contributed by atoms with Crippen LogP contribution in [-0.2, 0) is 21.2 Å². The lowest BCUT2D eigenvalue weighted by molar-refractivity contribution is -0.115. The van der Waals surface area contributed by atoms with E-state index in [1.807, 2.05) is 29.2 Å². The number of rotatable bonds is 4. The number of primary sulfonamides is 1. The molecule has 1 aliphatic heterocycles. The highest BCUT2D eigenvalue weighted by atomic mass is 127. The smallest absolute Gasteiger partial charge is 0.243 e. The Morgan fingerprint density at radius 2 is 1.92 bits per heavy atom. The predicted octanol–water partition coefficient (Wildman–Crippen LogP) is 1.94. The molecule has 2 aromatic carbocycles. The maximum atomic E-state index is 12.2. The second-order valence-electron chi connectivity index (χ2n) is 5.56. The molecule has 0 bridgehead atoms. The van der Waals surface area contributed by atoms with Crippen LogP contribution in [-0.4, -0.2) is 27.4 Å². The van der Waals surface area contributed by atoms with Crippen LogP contribution in [0.4, 0.5) is 11.4 Å². The molecular weight excluding hydrogens is 441 g/mol. The average Bonchev–Trinajstić information content (AvgIpc) is 2.91. The van der Waals surface area contributed by atoms with Crippen molar-refractivity contribution in [2.75, 3.05) is 23.3 Å². The first-order chi connectivity index (χ1) is 11.3. The van der Waals surface area contributed by atoms with Gasteiger partial charge in [-0.15, -0.1) is 0 Å². The lowest BCUT2D eigenvalue weighted by atomic mass is 10.2. The Morgan fingerprint density at radius 1 is 1.21 bits per heavy atom. The fourth-order valence-electron chi connectivity index (χ4n) is 2.69. The Bertz CT molecular complexity index is 882. The Labute approximate surface area is 154 Å². The molecule has 0 aliphatic carbocycles. The molecule has 0 atom stereocenters. The molecule has 1 heterocycles. The minimum absolute atomic E-state index is 0.103. The van der Waals surface area contributed by atoms with Gasteiger partial charge in [0, 0.05) is 21.5 Å². The number of nitrogens with one attached hydrogen (secondary N) is 1. The van der Waals surface area contributed by atoms with Crippen LogP contribution in [0.15, 0.2) is 47.4 Å². The van der Waals surface area contributed by atoms with E-state index in [4.69, 9.17) is 5.14 Å². The molecule has 24 heavy (non-hydrogen) atoms. The van der Waals surface area contributed by atoms with E-state index in [1.54, 1.807) is 12.1 Å². The fourth-order valence-corrected chi connectivity index (χ4v) is 3.62. The molecule has 3 N–H and O–H groups in total. The van der Waals surface area contributed by atoms with Crippen LogP contribution >= 0.6 is 22.6 Å². The van der Waals surface area contributed by atoms with Crippen molar-refractivity contribution in [3.05, 3.63) is 51.6 Å². The SMILES string of the molecule is NS(=O)(=O)c1ccc2c(c1)CCN2CC(=O)Nc1ccc(I)cc1. The number of hydrogen-bond acceptors (Lipinski definition) is 4. The number of fused-ring (bicyclic) bond motifs is 1. The summed E-state index contributed by atoms with van der Waals surface area (Å²) in [6.07, 6.45) is 0.690. The van der Waals surface area contributed by atoms with Gasteiger partial charge in [0.25, 0.3) is 0 Å². The zero-order valence-corrected chi connectivity index (χ0v) is 15.7. The van der Waals surface area contributed by atoms with E-state index in [0.29, 0.717) is 13.0 Å². The van der Waals surface area contributed by atoms with Crippen molar-refractivity contribution < 1.29 is 13.2 Å². The lowest BCUT2D eigenvalue weighted by Gasteiger charge is -2.19. The molecule has 3 rings (SSSR count). The minimum Gasteiger partial charge on any atom is -0.362 e. The molecule has 0 saturated heterocycles. The first-order valence-corrected chi connectivity index (χ1v) is 9.91. The van der Waals surface area contributed by atoms with Crippen molar-refractivity contribution in [2.24, 2.45) is 5.14 Å². The van der Waals surface area contributed by atoms with Crippen molar-refractivity contribution in [3.8, 4) is 0 Å². The highest BCUT2D eigenvalue weighted by Crippen LogP contribution is 2.29. The first-order valence-electron chi connectivity index (χ1n) is 7.29. The average molecular weight is 457 g/mol. The summed E-state index contributed by atoms with van der Waals surface area (Å²) in [5.74, 6) is -0.111. The number of carbonyl (C=O) groups excluding carboxylic acids is 1. The maximum Gasteiger partial charge on any atom is 0.243 e. The number of nitrogens with zero attached hydrogens (tertiary/aromatic N) is 1. The van der Waals surface area contributed by atoms with Gasteiger partial charge in [0.15, 0.2) is 0 Å². The highest BCUT2D eigenvalue weighted by Gasteiger charge is 2.23. The van der Waals surface area contributed by atoms with E-state index in [1.165, 1.54) is 6.07 Å². The van der Waals surface area contributed by atoms with Crippen LogP contribution in [0.3, 0.4) is 0 Å². The monoisotopic (exact) mass is 457 g/mol. The summed E-state index contributed by atoms with van der Waals surface area (Å²) < 4.78 is 23.9. The molecule has 2 aromatic rings. The zero-order chi connectivity index (χ0) is 17.3. The van der Waals surface area contributed by atoms with E-state index >= 15 is 0 Å². The van der Waals surface area contributed by atoms with Gasteiger partial charge in [-0.2, -0.15) is 0 Å². The fraction of sp³-hybridized carbons (Fsp3) is 0.188. The van der Waals surface area contributed by atoms with E-state index in [0.717, 1.165) is 20.5 Å². The van der Waals surface area contributed by atoms with Gasteiger partial charge in [0.1, 0.15) is 0 Å². The third-order valence-corrected chi connectivity index (χ3v) is 5.46. The van der Waals surface area contributed by atoms with E-state index in [9.17, 15) is 13.2 Å². The summed E-state index contributed by atoms with van der Waals surface area (Å²) in [7, 11) is -3.71. The van der Waals surface area contributed by atoms with Gasteiger partial charge in [0.05, 0.1) is 11.4 Å². The molecule has 0 saturated carbocycles. The van der Waals surface area contributed by atoms with Gasteiger partial charge in [-0.05, 0) is 77.0 Å². The van der Waals surface area contributed by atoms with E-state index in [-0.39, 0.29) is 17.3 Å². The zero-order valence-electron chi connectivity index (χ0n) is 12.7. The molecule has 0 spiro atoms. The van der Waals surface area contributed by atoms with Crippen LogP contribution in [0.2, 0.25) is 0 Å². The van der Waals surface area contributed by atoms with Crippen molar-refractivity contribution in [3.63, 3.8) is 0 Å². The minimum atomic E-state index is -3.71. The van der Waals surface area contributed by atoms with Crippen LogP contribution in [0, 0.1) is 3.57 Å². The van der Waals surface area contributed by atoms with Crippen LogP contribution in [0.1, 0.15) is 5.56 Å². The second kappa shape index (κ2) is 6.69. The third-order valence-electron chi connectivity index (χ3n) is 3.83. The highest BCUT2D eigenvalue weighted by molar-refractivity contribution is 14.1. The normalized spacial score (nSPS) is 13.7. The summed E-state index contributed by atoms with van der Waals surface area (Å²) in [6.45, 7) is 0.886. The Morgan fingerprint density at radius 3 is 2.58 bits per heavy atom. The third kappa shape index (κ3) is 3.87. The largest absolute Gasteiger partial charge is 0.362 e. The van der Waals surface area contributed by atoms with Crippen molar-refractivity contribution in [1.82, 2.24) is 0 Å². The van der Waals surface area contributed by atoms with Crippen molar-refractivity contribution >= 4 is 49.9 Å². The molecule has 0 fully saturated rings. The second-order valence-corrected chi connectivity index (χ2v) is 8.37.